The number of rotatable bonds is 0. The fourth-order valence-electron chi connectivity index (χ4n) is 1.12. The highest BCUT2D eigenvalue weighted by atomic mass is 14.7. The highest BCUT2D eigenvalue weighted by molar-refractivity contribution is 6.05. The van der Waals surface area contributed by atoms with Gasteiger partial charge in [-0.05, 0) is 24.6 Å². The van der Waals surface area contributed by atoms with Crippen molar-refractivity contribution >= 4 is 5.71 Å². The zero-order valence-corrected chi connectivity index (χ0v) is 6.20. The van der Waals surface area contributed by atoms with Gasteiger partial charge in [-0.25, -0.2) is 4.99 Å². The van der Waals surface area contributed by atoms with Crippen LogP contribution >= 0.6 is 0 Å². The molecule has 11 heavy (non-hydrogen) atoms. The van der Waals surface area contributed by atoms with E-state index in [1.807, 2.05) is 30.4 Å². The van der Waals surface area contributed by atoms with Gasteiger partial charge in [0.25, 0.3) is 0 Å². The van der Waals surface area contributed by atoms with E-state index in [0.29, 0.717) is 0 Å². The first-order valence-electron chi connectivity index (χ1n) is 3.75. The lowest BCUT2D eigenvalue weighted by Crippen LogP contribution is -1.84. The van der Waals surface area contributed by atoms with Crippen molar-refractivity contribution in [2.24, 2.45) is 4.99 Å². The maximum absolute atomic E-state index is 4.39. The topological polar surface area (TPSA) is 12.4 Å². The molecule has 0 N–H and O–H groups in total. The summed E-state index contributed by atoms with van der Waals surface area (Å²) in [5, 5.41) is 0. The predicted octanol–water partition coefficient (Wildman–Crippen LogP) is 2.40. The number of hydrogen-bond acceptors (Lipinski definition) is 1. The van der Waals surface area contributed by atoms with Crippen molar-refractivity contribution in [1.82, 2.24) is 0 Å². The Kier molecular flexibility index (Phi) is 1.56. The second-order valence-corrected chi connectivity index (χ2v) is 2.52. The van der Waals surface area contributed by atoms with E-state index in [0.717, 1.165) is 17.8 Å². The average Bonchev–Trinajstić information content (AvgIpc) is 2.36. The number of nitrogens with zero attached hydrogens (tertiary/aromatic N) is 1. The summed E-state index contributed by atoms with van der Waals surface area (Å²) in [5.74, 6) is 0. The van der Waals surface area contributed by atoms with Crippen molar-refractivity contribution in [2.45, 2.75) is 6.42 Å². The molecule has 0 aromatic carbocycles. The van der Waals surface area contributed by atoms with Crippen molar-refractivity contribution in [3.8, 4) is 0 Å². The molecule has 0 aliphatic carbocycles. The minimum absolute atomic E-state index is 0.987. The molecule has 1 nitrogen and oxygen atoms in total. The van der Waals surface area contributed by atoms with Crippen molar-refractivity contribution in [3.63, 3.8) is 0 Å². The third-order valence-electron chi connectivity index (χ3n) is 1.65. The van der Waals surface area contributed by atoms with Crippen molar-refractivity contribution in [3.05, 3.63) is 48.2 Å². The summed E-state index contributed by atoms with van der Waals surface area (Å²) in [6.07, 6.45) is 15.3. The summed E-state index contributed by atoms with van der Waals surface area (Å²) in [7, 11) is 0. The van der Waals surface area contributed by atoms with Crippen LogP contribution in [0.2, 0.25) is 0 Å². The molecular formula is C10H9N. The van der Waals surface area contributed by atoms with Gasteiger partial charge in [0.15, 0.2) is 0 Å². The molecule has 0 atom stereocenters. The molecule has 0 spiro atoms. The molecule has 0 saturated heterocycles. The van der Waals surface area contributed by atoms with E-state index in [4.69, 9.17) is 0 Å². The van der Waals surface area contributed by atoms with Crippen LogP contribution in [0.15, 0.2) is 53.2 Å². The summed E-state index contributed by atoms with van der Waals surface area (Å²) in [4.78, 5) is 4.39. The Hall–Kier alpha value is -1.37. The molecule has 0 radical (unpaired) electrons. The van der Waals surface area contributed by atoms with Crippen LogP contribution in [0.1, 0.15) is 6.42 Å². The summed E-state index contributed by atoms with van der Waals surface area (Å²) in [5.41, 5.74) is 2.11. The molecule has 0 aromatic heterocycles. The zero-order valence-electron chi connectivity index (χ0n) is 6.20. The second kappa shape index (κ2) is 2.70. The normalized spacial score (nSPS) is 20.4. The van der Waals surface area contributed by atoms with Crippen LogP contribution in [0.4, 0.5) is 0 Å². The maximum Gasteiger partial charge on any atom is 0.0633 e. The molecule has 54 valence electrons. The van der Waals surface area contributed by atoms with Gasteiger partial charge in [-0.3, -0.25) is 0 Å². The third-order valence-corrected chi connectivity index (χ3v) is 1.65. The van der Waals surface area contributed by atoms with E-state index in [1.165, 1.54) is 0 Å². The Labute approximate surface area is 66.1 Å². The van der Waals surface area contributed by atoms with Crippen LogP contribution in [-0.4, -0.2) is 5.71 Å². The van der Waals surface area contributed by atoms with Crippen LogP contribution in [0.5, 0.6) is 0 Å². The van der Waals surface area contributed by atoms with Crippen LogP contribution in [0, 0.1) is 0 Å². The molecule has 0 unspecified atom stereocenters. The number of fused-ring (bicyclic) bond motifs is 1. The molecular weight excluding hydrogens is 134 g/mol. The standard InChI is InChI=1S/C10H9N/c1-2-6-10-8-4-3-7-9(5-1)11-10/h1-3,5-8H,4H2. The maximum atomic E-state index is 4.39. The lowest BCUT2D eigenvalue weighted by Gasteiger charge is -1.89. The van der Waals surface area contributed by atoms with Gasteiger partial charge in [-0.1, -0.05) is 24.3 Å². The van der Waals surface area contributed by atoms with E-state index in [2.05, 4.69) is 17.1 Å². The van der Waals surface area contributed by atoms with Gasteiger partial charge in [-0.2, -0.15) is 0 Å². The smallest absolute Gasteiger partial charge is 0.0633 e. The number of allylic oxidation sites excluding steroid dienone is 7. The average molecular weight is 143 g/mol. The monoisotopic (exact) mass is 143 g/mol. The Bertz CT molecular complexity index is 301. The second-order valence-electron chi connectivity index (χ2n) is 2.52. The zero-order chi connectivity index (χ0) is 7.52. The quantitative estimate of drug-likeness (QED) is 0.493. The van der Waals surface area contributed by atoms with Gasteiger partial charge in [0.1, 0.15) is 0 Å². The summed E-state index contributed by atoms with van der Waals surface area (Å²) < 4.78 is 0. The van der Waals surface area contributed by atoms with E-state index < -0.39 is 0 Å². The van der Waals surface area contributed by atoms with Crippen LogP contribution in [0.3, 0.4) is 0 Å². The van der Waals surface area contributed by atoms with Crippen molar-refractivity contribution in [1.29, 1.82) is 0 Å². The molecule has 0 aromatic rings. The first-order chi connectivity index (χ1) is 5.45. The van der Waals surface area contributed by atoms with E-state index in [-0.39, 0.29) is 0 Å². The minimum atomic E-state index is 0.987. The molecule has 0 saturated carbocycles. The summed E-state index contributed by atoms with van der Waals surface area (Å²) in [6.45, 7) is 0. The Balaban J connectivity index is 2.46. The molecule has 0 amide bonds. The van der Waals surface area contributed by atoms with Crippen LogP contribution < -0.4 is 0 Å². The Morgan fingerprint density at radius 2 is 2.00 bits per heavy atom. The van der Waals surface area contributed by atoms with E-state index >= 15 is 0 Å². The molecule has 0 fully saturated rings. The first-order valence-corrected chi connectivity index (χ1v) is 3.75. The van der Waals surface area contributed by atoms with Gasteiger partial charge in [0.05, 0.1) is 11.4 Å². The summed E-state index contributed by atoms with van der Waals surface area (Å²) in [6, 6.07) is 0. The molecule has 2 bridgehead atoms. The lowest BCUT2D eigenvalue weighted by atomic mass is 10.2. The molecule has 2 rings (SSSR count). The van der Waals surface area contributed by atoms with Gasteiger partial charge in [0.2, 0.25) is 0 Å². The fourth-order valence-corrected chi connectivity index (χ4v) is 1.12. The first kappa shape index (κ1) is 6.35. The predicted molar refractivity (Wildman–Crippen MR) is 47.6 cm³/mol. The van der Waals surface area contributed by atoms with Crippen LogP contribution in [0.25, 0.3) is 0 Å². The minimum Gasteiger partial charge on any atom is -0.249 e. The third kappa shape index (κ3) is 1.37. The Morgan fingerprint density at radius 1 is 1.09 bits per heavy atom. The molecule has 2 heterocycles. The number of hydrogen-bond donors (Lipinski definition) is 0. The molecule has 2 aliphatic rings. The molecule has 1 heteroatoms. The highest BCUT2D eigenvalue weighted by Gasteiger charge is 1.97. The van der Waals surface area contributed by atoms with Gasteiger partial charge in [-0.15, -0.1) is 0 Å². The van der Waals surface area contributed by atoms with Crippen LogP contribution in [-0.2, 0) is 0 Å². The largest absolute Gasteiger partial charge is 0.249 e. The Morgan fingerprint density at radius 3 is 3.00 bits per heavy atom. The molecule has 2 aliphatic heterocycles. The fraction of sp³-hybridized carbons (Fsp3) is 0.100. The van der Waals surface area contributed by atoms with E-state index in [1.54, 1.807) is 0 Å². The van der Waals surface area contributed by atoms with Crippen molar-refractivity contribution < 1.29 is 0 Å². The summed E-state index contributed by atoms with van der Waals surface area (Å²) >= 11 is 0. The number of aliphatic imine (C=N–C) groups is 1. The van der Waals surface area contributed by atoms with Gasteiger partial charge >= 0.3 is 0 Å². The SMILES string of the molecule is C1=CC2=CCC=CC(=N2)C=C1. The van der Waals surface area contributed by atoms with Gasteiger partial charge in [0, 0.05) is 0 Å². The van der Waals surface area contributed by atoms with Crippen molar-refractivity contribution in [2.75, 3.05) is 0 Å². The highest BCUT2D eigenvalue weighted by Crippen LogP contribution is 2.10. The van der Waals surface area contributed by atoms with E-state index in [9.17, 15) is 0 Å². The van der Waals surface area contributed by atoms with Gasteiger partial charge < -0.3 is 0 Å². The lowest BCUT2D eigenvalue weighted by molar-refractivity contribution is 1.32.